The number of likely N-dealkylation sites (tertiary alicyclic amines) is 1. The predicted molar refractivity (Wildman–Crippen MR) is 135 cm³/mol. The summed E-state index contributed by atoms with van der Waals surface area (Å²) in [5.41, 5.74) is 2.75. The smallest absolute Gasteiger partial charge is 0.410 e. The van der Waals surface area contributed by atoms with Crippen molar-refractivity contribution in [2.75, 3.05) is 31.6 Å². The molecule has 188 valence electrons. The third-order valence-corrected chi connectivity index (χ3v) is 6.07. The molecule has 1 atom stereocenters. The Bertz CT molecular complexity index is 1040. The summed E-state index contributed by atoms with van der Waals surface area (Å²) < 4.78 is 17.5. The topological polar surface area (TPSA) is 104 Å². The van der Waals surface area contributed by atoms with E-state index in [4.69, 9.17) is 19.6 Å². The molecule has 0 bridgehead atoms. The number of carbonyl (C=O) groups excluding carboxylic acids is 1. The SMILES string of the molecule is CC(C)(C)OC(=O)N1CC(COc2cc(-c3ccc(O)cc3)cc(NC3CCCCO3)c2C=N)C1. The minimum atomic E-state index is -0.516. The van der Waals surface area contributed by atoms with Crippen molar-refractivity contribution in [3.05, 3.63) is 42.0 Å². The lowest BCUT2D eigenvalue weighted by molar-refractivity contribution is -0.00781. The number of nitrogens with zero attached hydrogens (tertiary/aromatic N) is 1. The molecule has 0 spiro atoms. The Balaban J connectivity index is 1.50. The van der Waals surface area contributed by atoms with Crippen LogP contribution in [0.3, 0.4) is 0 Å². The van der Waals surface area contributed by atoms with Crippen LogP contribution >= 0.6 is 0 Å². The van der Waals surface area contributed by atoms with Gasteiger partial charge in [0.25, 0.3) is 0 Å². The zero-order valence-corrected chi connectivity index (χ0v) is 20.7. The van der Waals surface area contributed by atoms with Gasteiger partial charge in [-0.1, -0.05) is 12.1 Å². The van der Waals surface area contributed by atoms with E-state index in [2.05, 4.69) is 5.32 Å². The molecule has 0 aliphatic carbocycles. The molecule has 2 saturated heterocycles. The van der Waals surface area contributed by atoms with Gasteiger partial charge < -0.3 is 34.9 Å². The molecule has 8 nitrogen and oxygen atoms in total. The van der Waals surface area contributed by atoms with Crippen molar-refractivity contribution < 1.29 is 24.1 Å². The predicted octanol–water partition coefficient (Wildman–Crippen LogP) is 5.24. The van der Waals surface area contributed by atoms with Crippen molar-refractivity contribution in [1.82, 2.24) is 4.90 Å². The summed E-state index contributed by atoms with van der Waals surface area (Å²) in [5, 5.41) is 21.2. The second-order valence-corrected chi connectivity index (χ2v) is 10.2. The summed E-state index contributed by atoms with van der Waals surface area (Å²) in [6.07, 6.45) is 3.93. The molecule has 2 aliphatic heterocycles. The van der Waals surface area contributed by atoms with Crippen molar-refractivity contribution in [3.8, 4) is 22.6 Å². The Morgan fingerprint density at radius 3 is 2.57 bits per heavy atom. The number of amides is 1. The van der Waals surface area contributed by atoms with Crippen LogP contribution < -0.4 is 10.1 Å². The summed E-state index contributed by atoms with van der Waals surface area (Å²) in [4.78, 5) is 13.9. The Hall–Kier alpha value is -3.26. The monoisotopic (exact) mass is 481 g/mol. The van der Waals surface area contributed by atoms with Gasteiger partial charge in [0.05, 0.1) is 12.2 Å². The number of benzene rings is 2. The summed E-state index contributed by atoms with van der Waals surface area (Å²) in [6, 6.07) is 10.9. The van der Waals surface area contributed by atoms with Gasteiger partial charge in [0, 0.05) is 37.5 Å². The lowest BCUT2D eigenvalue weighted by Gasteiger charge is -2.39. The molecule has 0 radical (unpaired) electrons. The number of rotatable bonds is 7. The third-order valence-electron chi connectivity index (χ3n) is 6.07. The fraction of sp³-hybridized carbons (Fsp3) is 0.481. The highest BCUT2D eigenvalue weighted by Crippen LogP contribution is 2.35. The van der Waals surface area contributed by atoms with Crippen LogP contribution in [0, 0.1) is 11.3 Å². The molecule has 0 saturated carbocycles. The van der Waals surface area contributed by atoms with E-state index < -0.39 is 5.60 Å². The summed E-state index contributed by atoms with van der Waals surface area (Å²) in [7, 11) is 0. The standard InChI is InChI=1S/C27H35N3O5/c1-27(2,3)35-26(32)30-15-18(16-30)17-34-24-13-20(19-7-9-21(31)10-8-19)12-23(22(24)14-28)29-25-6-4-5-11-33-25/h7-10,12-14,18,25,28-29,31H,4-6,11,15-17H2,1-3H3. The zero-order valence-electron chi connectivity index (χ0n) is 20.7. The molecule has 3 N–H and O–H groups in total. The van der Waals surface area contributed by atoms with E-state index in [0.717, 1.165) is 36.1 Å². The van der Waals surface area contributed by atoms with E-state index in [-0.39, 0.29) is 24.0 Å². The Morgan fingerprint density at radius 2 is 1.94 bits per heavy atom. The van der Waals surface area contributed by atoms with E-state index in [0.29, 0.717) is 37.6 Å². The lowest BCUT2D eigenvalue weighted by atomic mass is 10.00. The molecule has 2 fully saturated rings. The van der Waals surface area contributed by atoms with Gasteiger partial charge in [-0.2, -0.15) is 0 Å². The molecule has 4 rings (SSSR count). The average molecular weight is 482 g/mol. The van der Waals surface area contributed by atoms with Gasteiger partial charge >= 0.3 is 6.09 Å². The van der Waals surface area contributed by atoms with E-state index >= 15 is 0 Å². The maximum atomic E-state index is 12.2. The highest BCUT2D eigenvalue weighted by molar-refractivity contribution is 5.92. The number of anilines is 1. The minimum Gasteiger partial charge on any atom is -0.508 e. The third kappa shape index (κ3) is 6.45. The first-order valence-electron chi connectivity index (χ1n) is 12.2. The summed E-state index contributed by atoms with van der Waals surface area (Å²) >= 11 is 0. The van der Waals surface area contributed by atoms with Crippen LogP contribution in [-0.4, -0.2) is 60.4 Å². The minimum absolute atomic E-state index is 0.112. The van der Waals surface area contributed by atoms with Crippen molar-refractivity contribution in [1.29, 1.82) is 5.41 Å². The number of hydrogen-bond acceptors (Lipinski definition) is 7. The van der Waals surface area contributed by atoms with E-state index in [1.165, 1.54) is 6.21 Å². The second-order valence-electron chi connectivity index (χ2n) is 10.2. The zero-order chi connectivity index (χ0) is 25.0. The maximum Gasteiger partial charge on any atom is 0.410 e. The number of nitrogens with one attached hydrogen (secondary N) is 2. The summed E-state index contributed by atoms with van der Waals surface area (Å²) in [6.45, 7) is 7.87. The first-order valence-corrected chi connectivity index (χ1v) is 12.2. The molecule has 8 heteroatoms. The summed E-state index contributed by atoms with van der Waals surface area (Å²) in [5.74, 6) is 0.992. The molecular formula is C27H35N3O5. The van der Waals surface area contributed by atoms with E-state index in [9.17, 15) is 9.90 Å². The van der Waals surface area contributed by atoms with Gasteiger partial charge in [-0.15, -0.1) is 0 Å². The van der Waals surface area contributed by atoms with Crippen LogP contribution in [0.1, 0.15) is 45.6 Å². The number of hydrogen-bond donors (Lipinski definition) is 3. The van der Waals surface area contributed by atoms with Gasteiger partial charge in [0.15, 0.2) is 0 Å². The van der Waals surface area contributed by atoms with Crippen molar-refractivity contribution in [2.45, 2.75) is 51.9 Å². The first-order chi connectivity index (χ1) is 16.7. The van der Waals surface area contributed by atoms with Crippen LogP contribution in [0.5, 0.6) is 11.5 Å². The molecule has 2 aromatic carbocycles. The van der Waals surface area contributed by atoms with Gasteiger partial charge in [-0.25, -0.2) is 4.79 Å². The fourth-order valence-corrected chi connectivity index (χ4v) is 4.22. The van der Waals surface area contributed by atoms with Crippen LogP contribution in [0.2, 0.25) is 0 Å². The van der Waals surface area contributed by atoms with Crippen molar-refractivity contribution >= 4 is 18.0 Å². The average Bonchev–Trinajstić information content (AvgIpc) is 2.78. The molecule has 35 heavy (non-hydrogen) atoms. The van der Waals surface area contributed by atoms with Crippen LogP contribution in [0.4, 0.5) is 10.5 Å². The number of ether oxygens (including phenoxy) is 3. The molecule has 1 unspecified atom stereocenters. The van der Waals surface area contributed by atoms with Gasteiger partial charge in [-0.3, -0.25) is 0 Å². The quantitative estimate of drug-likeness (QED) is 0.467. The molecule has 0 aromatic heterocycles. The number of aromatic hydroxyl groups is 1. The van der Waals surface area contributed by atoms with E-state index in [1.54, 1.807) is 17.0 Å². The number of phenols is 1. The van der Waals surface area contributed by atoms with Crippen LogP contribution in [0.15, 0.2) is 36.4 Å². The highest BCUT2D eigenvalue weighted by Gasteiger charge is 2.34. The van der Waals surface area contributed by atoms with Gasteiger partial charge in [-0.05, 0) is 75.4 Å². The highest BCUT2D eigenvalue weighted by atomic mass is 16.6. The molecule has 2 aromatic rings. The lowest BCUT2D eigenvalue weighted by Crippen LogP contribution is -2.53. The molecule has 2 aliphatic rings. The largest absolute Gasteiger partial charge is 0.508 e. The molecule has 2 heterocycles. The molecule has 1 amide bonds. The van der Waals surface area contributed by atoms with Crippen LogP contribution in [0.25, 0.3) is 11.1 Å². The fourth-order valence-electron chi connectivity index (χ4n) is 4.22. The normalized spacial score (nSPS) is 18.5. The van der Waals surface area contributed by atoms with Gasteiger partial charge in [0.1, 0.15) is 23.3 Å². The Kier molecular flexibility index (Phi) is 7.50. The number of carbonyl (C=O) groups is 1. The van der Waals surface area contributed by atoms with E-state index in [1.807, 2.05) is 45.0 Å². The van der Waals surface area contributed by atoms with Crippen LogP contribution in [-0.2, 0) is 9.47 Å². The maximum absolute atomic E-state index is 12.2. The number of phenolic OH excluding ortho intramolecular Hbond substituents is 1. The Labute approximate surface area is 206 Å². The van der Waals surface area contributed by atoms with Crippen molar-refractivity contribution in [3.63, 3.8) is 0 Å². The van der Waals surface area contributed by atoms with Gasteiger partial charge in [0.2, 0.25) is 0 Å². The second kappa shape index (κ2) is 10.6. The first kappa shape index (κ1) is 24.9. The molecular weight excluding hydrogens is 446 g/mol. The Morgan fingerprint density at radius 1 is 1.20 bits per heavy atom. The van der Waals surface area contributed by atoms with Crippen molar-refractivity contribution in [2.24, 2.45) is 5.92 Å².